The number of hydrogen-bond donors (Lipinski definition) is 1. The largest absolute Gasteiger partial charge is 0.325 e. The molecule has 6 nitrogen and oxygen atoms in total. The minimum Gasteiger partial charge on any atom is -0.325 e. The van der Waals surface area contributed by atoms with Crippen LogP contribution in [0.15, 0.2) is 40.9 Å². The minimum absolute atomic E-state index is 0.0363. The fraction of sp³-hybridized carbons (Fsp3) is 0.222. The van der Waals surface area contributed by atoms with Crippen molar-refractivity contribution in [1.29, 1.82) is 0 Å². The molecule has 0 saturated heterocycles. The molecule has 0 spiro atoms. The van der Waals surface area contributed by atoms with E-state index in [2.05, 4.69) is 21.6 Å². The SMILES string of the molecule is CC(=O)c1cccc(NC(=O)CSc2nnc(-c3csc(C)c3)n2C)c1. The third kappa shape index (κ3) is 4.20. The van der Waals surface area contributed by atoms with Gasteiger partial charge in [0.25, 0.3) is 0 Å². The summed E-state index contributed by atoms with van der Waals surface area (Å²) in [6.45, 7) is 3.54. The smallest absolute Gasteiger partial charge is 0.234 e. The number of ketones is 1. The Morgan fingerprint density at radius 2 is 2.08 bits per heavy atom. The number of nitrogens with zero attached hydrogens (tertiary/aromatic N) is 3. The molecule has 2 heterocycles. The Labute approximate surface area is 159 Å². The number of hydrogen-bond acceptors (Lipinski definition) is 6. The Morgan fingerprint density at radius 3 is 2.77 bits per heavy atom. The summed E-state index contributed by atoms with van der Waals surface area (Å²) in [6.07, 6.45) is 0. The van der Waals surface area contributed by atoms with E-state index in [9.17, 15) is 9.59 Å². The lowest BCUT2D eigenvalue weighted by Gasteiger charge is -2.06. The zero-order valence-electron chi connectivity index (χ0n) is 14.6. The second-order valence-corrected chi connectivity index (χ2v) is 7.84. The summed E-state index contributed by atoms with van der Waals surface area (Å²) in [5.74, 6) is 0.794. The van der Waals surface area contributed by atoms with Gasteiger partial charge >= 0.3 is 0 Å². The Hall–Kier alpha value is -2.45. The number of carbonyl (C=O) groups is 2. The van der Waals surface area contributed by atoms with E-state index in [0.29, 0.717) is 16.4 Å². The topological polar surface area (TPSA) is 76.9 Å². The summed E-state index contributed by atoms with van der Waals surface area (Å²) >= 11 is 2.98. The Bertz CT molecular complexity index is 962. The summed E-state index contributed by atoms with van der Waals surface area (Å²) in [4.78, 5) is 24.8. The van der Waals surface area contributed by atoms with Crippen molar-refractivity contribution in [3.63, 3.8) is 0 Å². The van der Waals surface area contributed by atoms with Gasteiger partial charge in [0, 0.05) is 34.1 Å². The van der Waals surface area contributed by atoms with Gasteiger partial charge in [0.15, 0.2) is 16.8 Å². The molecule has 3 rings (SSSR count). The number of benzene rings is 1. The Balaban J connectivity index is 1.62. The van der Waals surface area contributed by atoms with Gasteiger partial charge in [0.1, 0.15) is 0 Å². The number of nitrogens with one attached hydrogen (secondary N) is 1. The lowest BCUT2D eigenvalue weighted by atomic mass is 10.1. The van der Waals surface area contributed by atoms with Crippen LogP contribution in [0.4, 0.5) is 5.69 Å². The van der Waals surface area contributed by atoms with E-state index in [1.807, 2.05) is 23.9 Å². The maximum absolute atomic E-state index is 12.2. The van der Waals surface area contributed by atoms with Crippen molar-refractivity contribution in [2.24, 2.45) is 7.05 Å². The molecule has 1 amide bonds. The van der Waals surface area contributed by atoms with E-state index < -0.39 is 0 Å². The highest BCUT2D eigenvalue weighted by molar-refractivity contribution is 7.99. The van der Waals surface area contributed by atoms with Crippen LogP contribution in [0.1, 0.15) is 22.2 Å². The molecule has 0 radical (unpaired) electrons. The van der Waals surface area contributed by atoms with Crippen molar-refractivity contribution >= 4 is 40.5 Å². The monoisotopic (exact) mass is 386 g/mol. The van der Waals surface area contributed by atoms with E-state index in [1.165, 1.54) is 23.6 Å². The molecule has 1 N–H and O–H groups in total. The number of amides is 1. The maximum Gasteiger partial charge on any atom is 0.234 e. The summed E-state index contributed by atoms with van der Waals surface area (Å²) in [7, 11) is 1.89. The predicted octanol–water partition coefficient (Wildman–Crippen LogP) is 3.79. The lowest BCUT2D eigenvalue weighted by molar-refractivity contribution is -0.113. The predicted molar refractivity (Wildman–Crippen MR) is 105 cm³/mol. The van der Waals surface area contributed by atoms with E-state index in [4.69, 9.17) is 0 Å². The van der Waals surface area contributed by atoms with Crippen molar-refractivity contribution in [3.05, 3.63) is 46.2 Å². The van der Waals surface area contributed by atoms with Crippen molar-refractivity contribution in [1.82, 2.24) is 14.8 Å². The van der Waals surface area contributed by atoms with Gasteiger partial charge in [0.2, 0.25) is 5.91 Å². The van der Waals surface area contributed by atoms with E-state index in [-0.39, 0.29) is 17.4 Å². The number of thioether (sulfide) groups is 1. The van der Waals surface area contributed by atoms with Crippen LogP contribution in [0, 0.1) is 6.92 Å². The number of aromatic nitrogens is 3. The minimum atomic E-state index is -0.161. The highest BCUT2D eigenvalue weighted by Crippen LogP contribution is 2.26. The average molecular weight is 387 g/mol. The molecular weight excluding hydrogens is 368 g/mol. The third-order valence-corrected chi connectivity index (χ3v) is 5.59. The highest BCUT2D eigenvalue weighted by atomic mass is 32.2. The van der Waals surface area contributed by atoms with E-state index >= 15 is 0 Å². The van der Waals surface area contributed by atoms with Crippen molar-refractivity contribution in [3.8, 4) is 11.4 Å². The first-order chi connectivity index (χ1) is 12.4. The Kier molecular flexibility index (Phi) is 5.53. The molecule has 0 aliphatic rings. The normalized spacial score (nSPS) is 10.7. The van der Waals surface area contributed by atoms with Gasteiger partial charge < -0.3 is 9.88 Å². The molecular formula is C18H18N4O2S2. The summed E-state index contributed by atoms with van der Waals surface area (Å²) in [5, 5.41) is 13.9. The summed E-state index contributed by atoms with van der Waals surface area (Å²) in [6, 6.07) is 8.97. The molecule has 0 bridgehead atoms. The molecule has 0 unspecified atom stereocenters. The van der Waals surface area contributed by atoms with Crippen LogP contribution >= 0.6 is 23.1 Å². The van der Waals surface area contributed by atoms with Gasteiger partial charge in [-0.05, 0) is 32.0 Å². The standard InChI is InChI=1S/C18H18N4O2S2/c1-11-7-14(9-25-11)17-20-21-18(22(17)3)26-10-16(24)19-15-6-4-5-13(8-15)12(2)23/h4-9H,10H2,1-3H3,(H,19,24). The van der Waals surface area contributed by atoms with Crippen molar-refractivity contribution in [2.45, 2.75) is 19.0 Å². The van der Waals surface area contributed by atoms with Crippen LogP contribution in [-0.2, 0) is 11.8 Å². The molecule has 0 aliphatic carbocycles. The molecule has 0 aliphatic heterocycles. The summed E-state index contributed by atoms with van der Waals surface area (Å²) in [5.41, 5.74) is 2.20. The van der Waals surface area contributed by atoms with Gasteiger partial charge in [-0.1, -0.05) is 23.9 Å². The van der Waals surface area contributed by atoms with Gasteiger partial charge in [-0.15, -0.1) is 21.5 Å². The third-order valence-electron chi connectivity index (χ3n) is 3.71. The van der Waals surface area contributed by atoms with Gasteiger partial charge in [-0.2, -0.15) is 0 Å². The van der Waals surface area contributed by atoms with Crippen molar-refractivity contribution < 1.29 is 9.59 Å². The molecule has 0 fully saturated rings. The van der Waals surface area contributed by atoms with Crippen LogP contribution in [0.3, 0.4) is 0 Å². The number of aryl methyl sites for hydroxylation is 1. The first-order valence-corrected chi connectivity index (χ1v) is 9.79. The molecule has 3 aromatic rings. The van der Waals surface area contributed by atoms with Crippen molar-refractivity contribution in [2.75, 3.05) is 11.1 Å². The molecule has 0 saturated carbocycles. The number of rotatable bonds is 6. The Morgan fingerprint density at radius 1 is 1.27 bits per heavy atom. The quantitative estimate of drug-likeness (QED) is 0.515. The second-order valence-electron chi connectivity index (χ2n) is 5.79. The van der Waals surface area contributed by atoms with Gasteiger partial charge in [0.05, 0.1) is 5.75 Å². The van der Waals surface area contributed by atoms with E-state index in [0.717, 1.165) is 11.4 Å². The molecule has 1 aromatic carbocycles. The van der Waals surface area contributed by atoms with Gasteiger partial charge in [-0.25, -0.2) is 0 Å². The fourth-order valence-corrected chi connectivity index (χ4v) is 3.79. The number of anilines is 1. The zero-order chi connectivity index (χ0) is 18.7. The van der Waals surface area contributed by atoms with Crippen LogP contribution < -0.4 is 5.32 Å². The van der Waals surface area contributed by atoms with Crippen LogP contribution in [0.25, 0.3) is 11.4 Å². The summed E-state index contributed by atoms with van der Waals surface area (Å²) < 4.78 is 1.88. The molecule has 134 valence electrons. The first kappa shape index (κ1) is 18.3. The molecule has 26 heavy (non-hydrogen) atoms. The second kappa shape index (κ2) is 7.84. The lowest BCUT2D eigenvalue weighted by Crippen LogP contribution is -2.14. The van der Waals surface area contributed by atoms with E-state index in [1.54, 1.807) is 35.6 Å². The van der Waals surface area contributed by atoms with Crippen LogP contribution in [0.5, 0.6) is 0 Å². The molecule has 0 atom stereocenters. The fourth-order valence-electron chi connectivity index (χ4n) is 2.40. The van der Waals surface area contributed by atoms with Crippen LogP contribution in [0.2, 0.25) is 0 Å². The zero-order valence-corrected chi connectivity index (χ0v) is 16.3. The number of carbonyl (C=O) groups excluding carboxylic acids is 2. The highest BCUT2D eigenvalue weighted by Gasteiger charge is 2.14. The number of thiophene rings is 1. The van der Waals surface area contributed by atoms with Gasteiger partial charge in [-0.3, -0.25) is 9.59 Å². The first-order valence-electron chi connectivity index (χ1n) is 7.92. The maximum atomic E-state index is 12.2. The molecule has 2 aromatic heterocycles. The average Bonchev–Trinajstić information content (AvgIpc) is 3.19. The molecule has 8 heteroatoms. The van der Waals surface area contributed by atoms with Crippen LogP contribution in [-0.4, -0.2) is 32.2 Å². The number of Topliss-reactive ketones (excluding diaryl/α,β-unsaturated/α-hetero) is 1.